The molecule has 0 unspecified atom stereocenters. The Balaban J connectivity index is 0.000000175. The number of amides is 7. The number of alkyl halides is 9. The van der Waals surface area contributed by atoms with E-state index in [-0.39, 0.29) is 67.9 Å². The molecule has 3 saturated heterocycles. The Labute approximate surface area is 613 Å². The van der Waals surface area contributed by atoms with E-state index in [2.05, 4.69) is 20.3 Å². The third kappa shape index (κ3) is 13.6. The van der Waals surface area contributed by atoms with Crippen molar-refractivity contribution < 1.29 is 95.1 Å². The normalized spacial score (nSPS) is 17.5. The van der Waals surface area contributed by atoms with Crippen LogP contribution in [0.5, 0.6) is 0 Å². The van der Waals surface area contributed by atoms with Crippen molar-refractivity contribution in [3.05, 3.63) is 159 Å². The molecule has 6 aromatic rings. The van der Waals surface area contributed by atoms with Gasteiger partial charge in [-0.05, 0) is 188 Å². The van der Waals surface area contributed by atoms with Gasteiger partial charge in [0.15, 0.2) is 32.4 Å². The molecule has 23 nitrogen and oxygen atoms in total. The first-order valence-corrected chi connectivity index (χ1v) is 32.4. The zero-order chi connectivity index (χ0) is 80.5. The van der Waals surface area contributed by atoms with Gasteiger partial charge in [0, 0.05) is 42.2 Å². The van der Waals surface area contributed by atoms with Crippen LogP contribution in [0, 0.1) is 51.4 Å². The van der Waals surface area contributed by atoms with Crippen molar-refractivity contribution in [1.29, 1.82) is 15.8 Å². The van der Waals surface area contributed by atoms with Gasteiger partial charge < -0.3 is 30.1 Å². The van der Waals surface area contributed by atoms with Gasteiger partial charge in [0.05, 0.1) is 69.0 Å². The summed E-state index contributed by atoms with van der Waals surface area (Å²) in [6.07, 6.45) is -9.10. The number of ether oxygens (including phenoxy) is 1. The van der Waals surface area contributed by atoms with Gasteiger partial charge >= 0.3 is 24.6 Å². The highest BCUT2D eigenvalue weighted by atomic mass is 32.1. The fraction of sp³-hybridized carbons (Fsp3) is 0.324. The van der Waals surface area contributed by atoms with Gasteiger partial charge in [0.25, 0.3) is 35.4 Å². The lowest BCUT2D eigenvalue weighted by atomic mass is 9.75. The number of carbonyl (C=O) groups excluding carboxylic acids is 7. The van der Waals surface area contributed by atoms with E-state index in [1.54, 1.807) is 26.1 Å². The van der Waals surface area contributed by atoms with E-state index in [4.69, 9.17) is 61.3 Å². The van der Waals surface area contributed by atoms with Crippen LogP contribution in [0.1, 0.15) is 148 Å². The summed E-state index contributed by atoms with van der Waals surface area (Å²) >= 11 is 16.4. The Morgan fingerprint density at radius 3 is 1.04 bits per heavy atom. The maximum Gasteiger partial charge on any atom is 0.419 e. The van der Waals surface area contributed by atoms with E-state index in [0.29, 0.717) is 68.0 Å². The molecule has 0 atom stereocenters. The van der Waals surface area contributed by atoms with Gasteiger partial charge in [0.2, 0.25) is 0 Å². The highest BCUT2D eigenvalue weighted by Gasteiger charge is 2.63. The summed E-state index contributed by atoms with van der Waals surface area (Å²) in [5.41, 5.74) is -12.8. The lowest BCUT2D eigenvalue weighted by Gasteiger charge is -2.43. The molecular weight excluding hydrogens is 1480 g/mol. The lowest BCUT2D eigenvalue weighted by Crippen LogP contribution is -2.55. The number of nitrogens with one attached hydrogen (secondary N) is 2. The minimum absolute atomic E-state index is 0.0520. The molecule has 38 heteroatoms. The fourth-order valence-electron chi connectivity index (χ4n) is 12.5. The molecule has 6 fully saturated rings. The second kappa shape index (κ2) is 28.3. The number of anilines is 6. The predicted molar refractivity (Wildman–Crippen MR) is 364 cm³/mol. The van der Waals surface area contributed by atoms with Gasteiger partial charge in [0.1, 0.15) is 57.9 Å². The van der Waals surface area contributed by atoms with Gasteiger partial charge in [-0.15, -0.1) is 0 Å². The summed E-state index contributed by atoms with van der Waals surface area (Å²) in [5.74, 6) is -7.54. The molecule has 6 heterocycles. The quantitative estimate of drug-likeness (QED) is 0.100. The van der Waals surface area contributed by atoms with Crippen LogP contribution in [-0.2, 0) is 37.6 Å². The molecule has 0 bridgehead atoms. The van der Waals surface area contributed by atoms with Crippen molar-refractivity contribution in [2.24, 2.45) is 0 Å². The molecule has 3 spiro atoms. The van der Waals surface area contributed by atoms with Crippen molar-refractivity contribution in [3.63, 3.8) is 0 Å². The maximum atomic E-state index is 15.3. The van der Waals surface area contributed by atoms with Crippen molar-refractivity contribution in [1.82, 2.24) is 30.5 Å². The summed E-state index contributed by atoms with van der Waals surface area (Å²) in [7, 11) is 2.49. The van der Waals surface area contributed by atoms with E-state index in [1.807, 2.05) is 0 Å². The standard InChI is InChI=1S/C26H23F4N5O4S.2C21H15F4N5O2S/c1-24(2,3)39-23(38)33(4)20(36)16-7-6-14(11-18(16)27)35-22(40)34(21(37)25(35)8-5-9-25)15-10-17(26(28,29)30)19(12-31)32-13-15;2*1-27-17(31)13-4-3-11(8-15(13)22)30-19(33)29(18(32)20(30)5-2-6-20)12-7-14(21(23,24)25)16(9-26)28-10-12/h6-7,10-11,13H,5,8-9H2,1-4H3;2*3-4,7-8,10H,2,5-6H2,1H3,(H,27,31)/i;1D3;. The Morgan fingerprint density at radius 1 is 0.509 bits per heavy atom. The monoisotopic (exact) mass is 1530 g/mol. The number of halogens is 12. The van der Waals surface area contributed by atoms with Crippen LogP contribution in [-0.4, -0.2) is 120 Å². The zero-order valence-electron chi connectivity index (χ0n) is 58.4. The van der Waals surface area contributed by atoms with Gasteiger partial charge in [-0.3, -0.25) is 43.5 Å². The summed E-state index contributed by atoms with van der Waals surface area (Å²) in [6.45, 7) is 1.98. The Morgan fingerprint density at radius 2 is 0.802 bits per heavy atom. The maximum absolute atomic E-state index is 15.3. The number of nitriles is 3. The summed E-state index contributed by atoms with van der Waals surface area (Å²) < 4.78 is 193. The molecule has 106 heavy (non-hydrogen) atoms. The minimum atomic E-state index is -4.92. The molecule has 3 aromatic heterocycles. The first-order valence-electron chi connectivity index (χ1n) is 32.7. The van der Waals surface area contributed by atoms with Crippen LogP contribution in [0.25, 0.3) is 0 Å². The number of rotatable bonds is 9. The van der Waals surface area contributed by atoms with Crippen molar-refractivity contribution in [2.75, 3.05) is 50.5 Å². The van der Waals surface area contributed by atoms with Crippen LogP contribution in [0.15, 0.2) is 91.4 Å². The molecule has 6 aliphatic rings. The number of hydrogen-bond acceptors (Lipinski definition) is 17. The van der Waals surface area contributed by atoms with Gasteiger partial charge in [-0.1, -0.05) is 0 Å². The average Bonchev–Trinajstić information content (AvgIpc) is 1.57. The molecule has 3 aliphatic carbocycles. The smallest absolute Gasteiger partial charge is 0.419 e. The van der Waals surface area contributed by atoms with Gasteiger partial charge in [-0.2, -0.15) is 55.3 Å². The molecule has 550 valence electrons. The summed E-state index contributed by atoms with van der Waals surface area (Å²) in [6, 6.07) is 16.4. The van der Waals surface area contributed by atoms with Crippen molar-refractivity contribution in [2.45, 2.75) is 119 Å². The number of pyridine rings is 3. The SMILES string of the molecule is CN(C(=O)OC(C)(C)C)C(=O)c1ccc(N2C(=S)N(c3cnc(C#N)c(C(F)(F)F)c3)C(=O)C23CCC3)cc1F.CNC(=O)c1ccc(N2C(=S)N(c3cnc(C#N)c(C(F)(F)F)c3)C(=O)C23CCC3)cc1F.[2H]C([2H])([2H])NC(=O)c1ccc(N2C(=S)N(c3cnc(C#N)c(C(F)(F)F)c3)C(=O)C23CCC3)cc1F. The largest absolute Gasteiger partial charge is 0.443 e. The van der Waals surface area contributed by atoms with Crippen molar-refractivity contribution >= 4 is 128 Å². The molecular formula is C68H53F12N15O8S3. The fourth-order valence-corrected chi connectivity index (χ4v) is 13.9. The highest BCUT2D eigenvalue weighted by Crippen LogP contribution is 2.52. The molecule has 3 saturated carbocycles. The summed E-state index contributed by atoms with van der Waals surface area (Å²) in [4.78, 5) is 107. The molecule has 2 N–H and O–H groups in total. The van der Waals surface area contributed by atoms with E-state index < -0.39 is 152 Å². The number of carbonyl (C=O) groups is 7. The highest BCUT2D eigenvalue weighted by molar-refractivity contribution is 7.81. The van der Waals surface area contributed by atoms with Crippen LogP contribution in [0.3, 0.4) is 0 Å². The third-order valence-corrected chi connectivity index (χ3v) is 19.2. The predicted octanol–water partition coefficient (Wildman–Crippen LogP) is 12.2. The van der Waals surface area contributed by atoms with E-state index in [9.17, 15) is 81.9 Å². The number of thiocarbonyl (C=S) groups is 3. The van der Waals surface area contributed by atoms with E-state index >= 15 is 4.39 Å². The third-order valence-electron chi connectivity index (χ3n) is 18.1. The van der Waals surface area contributed by atoms with Crippen LogP contribution in [0.4, 0.5) is 91.6 Å². The first-order chi connectivity index (χ1) is 50.8. The first kappa shape index (κ1) is 73.0. The second-order valence-corrected chi connectivity index (χ2v) is 26.5. The zero-order valence-corrected chi connectivity index (χ0v) is 57.8. The number of nitrogens with zero attached hydrogens (tertiary/aromatic N) is 13. The molecule has 7 amide bonds. The number of imide groups is 1. The topological polar surface area (TPSA) is 286 Å². The van der Waals surface area contributed by atoms with Crippen LogP contribution >= 0.6 is 36.7 Å². The van der Waals surface area contributed by atoms with Crippen LogP contribution in [0.2, 0.25) is 0 Å². The molecule has 3 aliphatic heterocycles. The molecule has 3 aromatic carbocycles. The Kier molecular flexibility index (Phi) is 19.5. The number of hydrogen-bond donors (Lipinski definition) is 2. The lowest BCUT2D eigenvalue weighted by molar-refractivity contribution is -0.138. The van der Waals surface area contributed by atoms with Gasteiger partial charge in [-0.25, -0.2) is 37.8 Å². The van der Waals surface area contributed by atoms with E-state index in [1.165, 1.54) is 64.2 Å². The molecule has 0 radical (unpaired) electrons. The molecule has 12 rings (SSSR count). The van der Waals surface area contributed by atoms with Crippen molar-refractivity contribution in [3.8, 4) is 18.2 Å². The summed E-state index contributed by atoms with van der Waals surface area (Å²) in [5, 5.41) is 30.4. The average molecular weight is 1540 g/mol. The second-order valence-electron chi connectivity index (χ2n) is 25.4. The van der Waals surface area contributed by atoms with E-state index in [0.717, 1.165) is 70.7 Å². The van der Waals surface area contributed by atoms with Crippen LogP contribution < -0.4 is 40.0 Å². The minimum Gasteiger partial charge on any atom is -0.443 e. The number of benzene rings is 3. The Hall–Kier alpha value is -11.3. The Bertz CT molecular complexity index is 5030. The number of aromatic nitrogens is 3.